The van der Waals surface area contributed by atoms with Crippen LogP contribution in [0, 0.1) is 13.8 Å². The highest BCUT2D eigenvalue weighted by Gasteiger charge is 2.12. The first-order chi connectivity index (χ1) is 8.63. The van der Waals surface area contributed by atoms with Gasteiger partial charge >= 0.3 is 0 Å². The van der Waals surface area contributed by atoms with Gasteiger partial charge in [-0.1, -0.05) is 0 Å². The lowest BCUT2D eigenvalue weighted by molar-refractivity contribution is 0.297. The molecule has 0 saturated heterocycles. The summed E-state index contributed by atoms with van der Waals surface area (Å²) < 4.78 is 13.1. The SMILES string of the molecule is CNCc1occc1COc1c(C)nn(C)c1C. The summed E-state index contributed by atoms with van der Waals surface area (Å²) in [6, 6.07) is 1.94. The molecule has 2 aromatic heterocycles. The summed E-state index contributed by atoms with van der Waals surface area (Å²) in [5.41, 5.74) is 3.01. The van der Waals surface area contributed by atoms with Gasteiger partial charge in [-0.15, -0.1) is 0 Å². The van der Waals surface area contributed by atoms with E-state index in [9.17, 15) is 0 Å². The van der Waals surface area contributed by atoms with Crippen molar-refractivity contribution in [1.29, 1.82) is 0 Å². The van der Waals surface area contributed by atoms with Crippen molar-refractivity contribution < 1.29 is 9.15 Å². The molecule has 0 aliphatic carbocycles. The number of aryl methyl sites for hydroxylation is 2. The van der Waals surface area contributed by atoms with Crippen LogP contribution in [0.15, 0.2) is 16.7 Å². The molecule has 0 aliphatic rings. The number of ether oxygens (including phenoxy) is 1. The second-order valence-electron chi connectivity index (χ2n) is 4.31. The lowest BCUT2D eigenvalue weighted by Gasteiger charge is -2.06. The van der Waals surface area contributed by atoms with E-state index in [4.69, 9.17) is 9.15 Å². The average molecular weight is 249 g/mol. The Kier molecular flexibility index (Phi) is 3.72. The van der Waals surface area contributed by atoms with Gasteiger partial charge in [-0.25, -0.2) is 0 Å². The predicted molar refractivity (Wildman–Crippen MR) is 68.5 cm³/mol. The highest BCUT2D eigenvalue weighted by Crippen LogP contribution is 2.23. The molecular formula is C13H19N3O2. The largest absolute Gasteiger partial charge is 0.485 e. The zero-order valence-electron chi connectivity index (χ0n) is 11.3. The van der Waals surface area contributed by atoms with Gasteiger partial charge in [-0.3, -0.25) is 4.68 Å². The van der Waals surface area contributed by atoms with Crippen molar-refractivity contribution in [2.75, 3.05) is 7.05 Å². The Hall–Kier alpha value is -1.75. The molecule has 0 aliphatic heterocycles. The molecule has 0 spiro atoms. The highest BCUT2D eigenvalue weighted by atomic mass is 16.5. The third-order valence-corrected chi connectivity index (χ3v) is 2.99. The zero-order valence-corrected chi connectivity index (χ0v) is 11.3. The van der Waals surface area contributed by atoms with E-state index in [1.54, 1.807) is 6.26 Å². The van der Waals surface area contributed by atoms with Crippen LogP contribution >= 0.6 is 0 Å². The predicted octanol–water partition coefficient (Wildman–Crippen LogP) is 1.93. The van der Waals surface area contributed by atoms with Crippen molar-refractivity contribution in [2.45, 2.75) is 27.0 Å². The third kappa shape index (κ3) is 2.41. The topological polar surface area (TPSA) is 52.2 Å². The fraction of sp³-hybridized carbons (Fsp3) is 0.462. The average Bonchev–Trinajstić information content (AvgIpc) is 2.85. The second kappa shape index (κ2) is 5.27. The zero-order chi connectivity index (χ0) is 13.1. The molecule has 0 bridgehead atoms. The van der Waals surface area contributed by atoms with Crippen molar-refractivity contribution in [1.82, 2.24) is 15.1 Å². The summed E-state index contributed by atoms with van der Waals surface area (Å²) in [4.78, 5) is 0. The smallest absolute Gasteiger partial charge is 0.163 e. The maximum absolute atomic E-state index is 5.85. The van der Waals surface area contributed by atoms with Gasteiger partial charge in [-0.2, -0.15) is 5.10 Å². The monoisotopic (exact) mass is 249 g/mol. The van der Waals surface area contributed by atoms with E-state index in [1.165, 1.54) is 0 Å². The van der Waals surface area contributed by atoms with E-state index in [0.717, 1.165) is 28.5 Å². The van der Waals surface area contributed by atoms with E-state index in [2.05, 4.69) is 10.4 Å². The van der Waals surface area contributed by atoms with Gasteiger partial charge in [0.25, 0.3) is 0 Å². The molecule has 5 heteroatoms. The van der Waals surface area contributed by atoms with E-state index in [0.29, 0.717) is 13.2 Å². The number of nitrogens with one attached hydrogen (secondary N) is 1. The van der Waals surface area contributed by atoms with Crippen LogP contribution in [0.1, 0.15) is 22.7 Å². The molecule has 0 aromatic carbocycles. The van der Waals surface area contributed by atoms with Crippen molar-refractivity contribution in [3.05, 3.63) is 35.0 Å². The Morgan fingerprint density at radius 1 is 1.44 bits per heavy atom. The number of hydrogen-bond acceptors (Lipinski definition) is 4. The molecule has 0 radical (unpaired) electrons. The third-order valence-electron chi connectivity index (χ3n) is 2.99. The maximum Gasteiger partial charge on any atom is 0.163 e. The summed E-state index contributed by atoms with van der Waals surface area (Å²) in [6.07, 6.45) is 1.69. The minimum Gasteiger partial charge on any atom is -0.485 e. The molecule has 0 saturated carbocycles. The molecule has 5 nitrogen and oxygen atoms in total. The standard InChI is InChI=1S/C13H19N3O2/c1-9-13(10(2)16(4)15-9)18-8-11-5-6-17-12(11)7-14-3/h5-6,14H,7-8H2,1-4H3. The number of aromatic nitrogens is 2. The maximum atomic E-state index is 5.85. The van der Waals surface area contributed by atoms with Crippen LogP contribution in [0.4, 0.5) is 0 Å². The fourth-order valence-corrected chi connectivity index (χ4v) is 1.92. The van der Waals surface area contributed by atoms with Gasteiger partial charge in [0.15, 0.2) is 5.75 Å². The van der Waals surface area contributed by atoms with E-state index < -0.39 is 0 Å². The Morgan fingerprint density at radius 2 is 2.22 bits per heavy atom. The number of nitrogens with zero attached hydrogens (tertiary/aromatic N) is 2. The van der Waals surface area contributed by atoms with Gasteiger partial charge < -0.3 is 14.5 Å². The van der Waals surface area contributed by atoms with Crippen LogP contribution in [-0.2, 0) is 20.2 Å². The molecule has 2 aromatic rings. The Bertz CT molecular complexity index is 528. The second-order valence-corrected chi connectivity index (χ2v) is 4.31. The summed E-state index contributed by atoms with van der Waals surface area (Å²) >= 11 is 0. The molecule has 2 rings (SSSR count). The molecule has 2 heterocycles. The summed E-state index contributed by atoms with van der Waals surface area (Å²) in [6.45, 7) is 5.16. The summed E-state index contributed by atoms with van der Waals surface area (Å²) in [5, 5.41) is 7.39. The molecule has 1 N–H and O–H groups in total. The van der Waals surface area contributed by atoms with Gasteiger partial charge in [-0.05, 0) is 27.0 Å². The van der Waals surface area contributed by atoms with Gasteiger partial charge in [0.1, 0.15) is 18.1 Å². The fourth-order valence-electron chi connectivity index (χ4n) is 1.92. The first kappa shape index (κ1) is 12.7. The number of rotatable bonds is 5. The minimum atomic E-state index is 0.501. The summed E-state index contributed by atoms with van der Waals surface area (Å²) in [7, 11) is 3.81. The molecule has 0 fully saturated rings. The van der Waals surface area contributed by atoms with Crippen LogP contribution < -0.4 is 10.1 Å². The Morgan fingerprint density at radius 3 is 2.83 bits per heavy atom. The minimum absolute atomic E-state index is 0.501. The number of furan rings is 1. The van der Waals surface area contributed by atoms with E-state index >= 15 is 0 Å². The van der Waals surface area contributed by atoms with Gasteiger partial charge in [0, 0.05) is 12.6 Å². The van der Waals surface area contributed by atoms with Gasteiger partial charge in [0.05, 0.1) is 18.5 Å². The molecule has 98 valence electrons. The lowest BCUT2D eigenvalue weighted by atomic mass is 10.2. The number of hydrogen-bond donors (Lipinski definition) is 1. The van der Waals surface area contributed by atoms with Crippen LogP contribution in [0.5, 0.6) is 5.75 Å². The van der Waals surface area contributed by atoms with Crippen molar-refractivity contribution in [2.24, 2.45) is 7.05 Å². The van der Waals surface area contributed by atoms with Crippen LogP contribution in [0.2, 0.25) is 0 Å². The summed E-state index contributed by atoms with van der Waals surface area (Å²) in [5.74, 6) is 1.77. The van der Waals surface area contributed by atoms with E-state index in [1.807, 2.05) is 38.7 Å². The van der Waals surface area contributed by atoms with Crippen LogP contribution in [-0.4, -0.2) is 16.8 Å². The molecule has 0 amide bonds. The molecule has 0 atom stereocenters. The molecule has 0 unspecified atom stereocenters. The normalized spacial score (nSPS) is 10.9. The highest BCUT2D eigenvalue weighted by molar-refractivity contribution is 5.32. The first-order valence-electron chi connectivity index (χ1n) is 5.96. The van der Waals surface area contributed by atoms with Gasteiger partial charge in [0.2, 0.25) is 0 Å². The van der Waals surface area contributed by atoms with E-state index in [-0.39, 0.29) is 0 Å². The Labute approximate surface area is 107 Å². The Balaban J connectivity index is 2.09. The van der Waals surface area contributed by atoms with Crippen LogP contribution in [0.3, 0.4) is 0 Å². The molecule has 18 heavy (non-hydrogen) atoms. The van der Waals surface area contributed by atoms with Crippen molar-refractivity contribution in [3.8, 4) is 5.75 Å². The van der Waals surface area contributed by atoms with Crippen molar-refractivity contribution >= 4 is 0 Å². The first-order valence-corrected chi connectivity index (χ1v) is 5.96. The lowest BCUT2D eigenvalue weighted by Crippen LogP contribution is -2.07. The van der Waals surface area contributed by atoms with Crippen LogP contribution in [0.25, 0.3) is 0 Å². The van der Waals surface area contributed by atoms with Crippen molar-refractivity contribution in [3.63, 3.8) is 0 Å². The molecular weight excluding hydrogens is 230 g/mol. The quantitative estimate of drug-likeness (QED) is 0.879.